The van der Waals surface area contributed by atoms with E-state index in [0.29, 0.717) is 0 Å². The topological polar surface area (TPSA) is 52.3 Å². The predicted octanol–water partition coefficient (Wildman–Crippen LogP) is 1.61. The van der Waals surface area contributed by atoms with Crippen molar-refractivity contribution in [2.24, 2.45) is 5.73 Å². The van der Waals surface area contributed by atoms with E-state index in [0.717, 1.165) is 0 Å². The molecule has 0 spiro atoms. The van der Waals surface area contributed by atoms with Crippen LogP contribution < -0.4 is 5.73 Å². The van der Waals surface area contributed by atoms with Crippen LogP contribution in [0.25, 0.3) is 0 Å². The minimum Gasteiger partial charge on any atom is -0.468 e. The van der Waals surface area contributed by atoms with Gasteiger partial charge in [-0.3, -0.25) is 4.79 Å². The molecule has 0 radical (unpaired) electrons. The zero-order valence-electron chi connectivity index (χ0n) is 8.34. The Hall–Kier alpha value is -1.06. The van der Waals surface area contributed by atoms with Crippen LogP contribution in [0.15, 0.2) is 36.4 Å². The molecule has 0 aromatic heterocycles. The molecule has 1 unspecified atom stereocenters. The third-order valence-electron chi connectivity index (χ3n) is 1.24. The van der Waals surface area contributed by atoms with E-state index in [-0.39, 0.29) is 18.4 Å². The van der Waals surface area contributed by atoms with E-state index in [4.69, 9.17) is 5.73 Å². The van der Waals surface area contributed by atoms with E-state index < -0.39 is 6.04 Å². The molecular weight excluding hydrogens is 202 g/mol. The van der Waals surface area contributed by atoms with Crippen LogP contribution in [0.3, 0.4) is 0 Å². The van der Waals surface area contributed by atoms with Gasteiger partial charge >= 0.3 is 5.97 Å². The molecule has 0 amide bonds. The molecule has 0 fully saturated rings. The fourth-order valence-electron chi connectivity index (χ4n) is 0.571. The van der Waals surface area contributed by atoms with Crippen LogP contribution >= 0.6 is 12.4 Å². The van der Waals surface area contributed by atoms with Crippen LogP contribution in [0.1, 0.15) is 6.92 Å². The van der Waals surface area contributed by atoms with Gasteiger partial charge in [-0.15, -0.1) is 12.4 Å². The number of methoxy groups -OCH3 is 1. The summed E-state index contributed by atoms with van der Waals surface area (Å²) in [6.07, 6.45) is 0. The molecule has 0 saturated carbocycles. The number of esters is 1. The van der Waals surface area contributed by atoms with Crippen LogP contribution in [-0.4, -0.2) is 19.1 Å². The molecule has 14 heavy (non-hydrogen) atoms. The first-order valence-electron chi connectivity index (χ1n) is 4.02. The van der Waals surface area contributed by atoms with Crippen LogP contribution in [0, 0.1) is 0 Å². The van der Waals surface area contributed by atoms with Crippen LogP contribution in [0.2, 0.25) is 0 Å². The van der Waals surface area contributed by atoms with E-state index in [9.17, 15) is 4.79 Å². The van der Waals surface area contributed by atoms with Crippen molar-refractivity contribution in [1.29, 1.82) is 0 Å². The highest BCUT2D eigenvalue weighted by Crippen LogP contribution is 1.80. The number of nitrogens with two attached hydrogens (primary N) is 1. The maximum atomic E-state index is 10.2. The summed E-state index contributed by atoms with van der Waals surface area (Å²) >= 11 is 0. The standard InChI is InChI=1S/C6H6.C4H9NO2.ClH/c1-2-4-6-5-3-1;1-3(5)4(6)7-2;/h1-6H;3H,5H2,1-2H3;1H. The van der Waals surface area contributed by atoms with Crippen LogP contribution in [0.5, 0.6) is 0 Å². The number of ether oxygens (including phenoxy) is 1. The first-order valence-corrected chi connectivity index (χ1v) is 4.02. The Labute approximate surface area is 90.7 Å². The third kappa shape index (κ3) is 9.03. The molecule has 1 atom stereocenters. The molecule has 1 aromatic rings. The summed E-state index contributed by atoms with van der Waals surface area (Å²) in [6, 6.07) is 11.5. The van der Waals surface area contributed by atoms with Crippen molar-refractivity contribution >= 4 is 18.4 Å². The van der Waals surface area contributed by atoms with E-state index in [1.54, 1.807) is 6.92 Å². The van der Waals surface area contributed by atoms with E-state index in [1.165, 1.54) is 7.11 Å². The van der Waals surface area contributed by atoms with E-state index in [2.05, 4.69) is 4.74 Å². The molecule has 0 aliphatic carbocycles. The number of carbonyl (C=O) groups is 1. The summed E-state index contributed by atoms with van der Waals surface area (Å²) in [6.45, 7) is 1.58. The largest absolute Gasteiger partial charge is 0.468 e. The predicted molar refractivity (Wildman–Crippen MR) is 59.4 cm³/mol. The molecule has 0 aliphatic heterocycles. The van der Waals surface area contributed by atoms with Crippen LogP contribution in [0.4, 0.5) is 0 Å². The first-order chi connectivity index (χ1) is 6.18. The Balaban J connectivity index is 0. The summed E-state index contributed by atoms with van der Waals surface area (Å²) in [5, 5.41) is 0. The maximum Gasteiger partial charge on any atom is 0.322 e. The van der Waals surface area contributed by atoms with Gasteiger partial charge in [0, 0.05) is 0 Å². The van der Waals surface area contributed by atoms with Gasteiger partial charge in [0.2, 0.25) is 0 Å². The van der Waals surface area contributed by atoms with Crippen molar-refractivity contribution in [1.82, 2.24) is 0 Å². The lowest BCUT2D eigenvalue weighted by Crippen LogP contribution is -2.27. The van der Waals surface area contributed by atoms with Gasteiger partial charge in [-0.25, -0.2) is 0 Å². The molecule has 4 heteroatoms. The normalized spacial score (nSPS) is 9.93. The van der Waals surface area contributed by atoms with Crippen molar-refractivity contribution in [3.05, 3.63) is 36.4 Å². The van der Waals surface area contributed by atoms with Crippen molar-refractivity contribution in [2.75, 3.05) is 7.11 Å². The lowest BCUT2D eigenvalue weighted by molar-refractivity contribution is -0.141. The Kier molecular flexibility index (Phi) is 11.0. The van der Waals surface area contributed by atoms with Gasteiger partial charge in [0.15, 0.2) is 0 Å². The van der Waals surface area contributed by atoms with Crippen molar-refractivity contribution in [3.8, 4) is 0 Å². The number of benzene rings is 1. The average molecular weight is 218 g/mol. The molecular formula is C10H16ClNO2. The van der Waals surface area contributed by atoms with Gasteiger partial charge in [0.25, 0.3) is 0 Å². The Bertz CT molecular complexity index is 200. The molecule has 0 saturated heterocycles. The summed E-state index contributed by atoms with van der Waals surface area (Å²) in [4.78, 5) is 10.2. The van der Waals surface area contributed by atoms with Crippen molar-refractivity contribution in [2.45, 2.75) is 13.0 Å². The van der Waals surface area contributed by atoms with E-state index in [1.807, 2.05) is 36.4 Å². The van der Waals surface area contributed by atoms with Crippen molar-refractivity contribution in [3.63, 3.8) is 0 Å². The van der Waals surface area contributed by atoms with Gasteiger partial charge in [-0.05, 0) is 6.92 Å². The summed E-state index contributed by atoms with van der Waals surface area (Å²) < 4.78 is 4.25. The second-order valence-electron chi connectivity index (χ2n) is 2.47. The smallest absolute Gasteiger partial charge is 0.322 e. The SMILES string of the molecule is COC(=O)C(C)N.Cl.c1ccccc1. The summed E-state index contributed by atoms with van der Waals surface area (Å²) in [5.74, 6) is -0.375. The number of rotatable bonds is 1. The fourth-order valence-corrected chi connectivity index (χ4v) is 0.571. The van der Waals surface area contributed by atoms with Gasteiger partial charge in [-0.1, -0.05) is 36.4 Å². The first kappa shape index (κ1) is 15.4. The fraction of sp³-hybridized carbons (Fsp3) is 0.300. The lowest BCUT2D eigenvalue weighted by Gasteiger charge is -1.98. The highest BCUT2D eigenvalue weighted by molar-refractivity contribution is 5.85. The van der Waals surface area contributed by atoms with Gasteiger partial charge in [-0.2, -0.15) is 0 Å². The highest BCUT2D eigenvalue weighted by atomic mass is 35.5. The number of hydrogen-bond donors (Lipinski definition) is 1. The quantitative estimate of drug-likeness (QED) is 0.728. The second-order valence-corrected chi connectivity index (χ2v) is 2.47. The monoisotopic (exact) mass is 217 g/mol. The lowest BCUT2D eigenvalue weighted by atomic mass is 10.4. The van der Waals surface area contributed by atoms with Gasteiger partial charge in [0.1, 0.15) is 6.04 Å². The Morgan fingerprint density at radius 2 is 1.43 bits per heavy atom. The summed E-state index contributed by atoms with van der Waals surface area (Å²) in [5.41, 5.74) is 5.07. The van der Waals surface area contributed by atoms with E-state index >= 15 is 0 Å². The number of hydrogen-bond acceptors (Lipinski definition) is 3. The van der Waals surface area contributed by atoms with Crippen LogP contribution in [-0.2, 0) is 9.53 Å². The Morgan fingerprint density at radius 3 is 1.50 bits per heavy atom. The number of halogens is 1. The molecule has 0 bridgehead atoms. The van der Waals surface area contributed by atoms with Crippen molar-refractivity contribution < 1.29 is 9.53 Å². The minimum absolute atomic E-state index is 0. The van der Waals surface area contributed by atoms with Gasteiger partial charge < -0.3 is 10.5 Å². The molecule has 3 nitrogen and oxygen atoms in total. The highest BCUT2D eigenvalue weighted by Gasteiger charge is 2.03. The number of carbonyl (C=O) groups excluding carboxylic acids is 1. The molecule has 1 rings (SSSR count). The molecule has 80 valence electrons. The van der Waals surface area contributed by atoms with Gasteiger partial charge in [0.05, 0.1) is 7.11 Å². The maximum absolute atomic E-state index is 10.2. The molecule has 2 N–H and O–H groups in total. The average Bonchev–Trinajstić information content (AvgIpc) is 2.20. The summed E-state index contributed by atoms with van der Waals surface area (Å²) in [7, 11) is 1.31. The zero-order valence-corrected chi connectivity index (χ0v) is 9.16. The molecule has 1 aromatic carbocycles. The Morgan fingerprint density at radius 1 is 1.14 bits per heavy atom. The zero-order chi connectivity index (χ0) is 10.1. The molecule has 0 heterocycles. The molecule has 0 aliphatic rings. The second kappa shape index (κ2) is 10.0. The third-order valence-corrected chi connectivity index (χ3v) is 1.24. The minimum atomic E-state index is -0.495.